The number of nitrogens with two attached hydrogens (primary N) is 1. The molecule has 0 spiro atoms. The van der Waals surface area contributed by atoms with E-state index in [1.54, 1.807) is 12.1 Å². The van der Waals surface area contributed by atoms with E-state index in [9.17, 15) is 5.11 Å². The van der Waals surface area contributed by atoms with Crippen molar-refractivity contribution in [2.45, 2.75) is 37.5 Å². The summed E-state index contributed by atoms with van der Waals surface area (Å²) in [5.41, 5.74) is 5.91. The van der Waals surface area contributed by atoms with Gasteiger partial charge in [-0.25, -0.2) is 4.98 Å². The zero-order chi connectivity index (χ0) is 13.8. The van der Waals surface area contributed by atoms with Gasteiger partial charge in [-0.15, -0.1) is 11.8 Å². The van der Waals surface area contributed by atoms with Gasteiger partial charge in [-0.05, 0) is 32.9 Å². The van der Waals surface area contributed by atoms with Gasteiger partial charge >= 0.3 is 0 Å². The molecule has 1 atom stereocenters. The van der Waals surface area contributed by atoms with Gasteiger partial charge in [0.05, 0.1) is 18.4 Å². The van der Waals surface area contributed by atoms with Gasteiger partial charge in [0, 0.05) is 5.75 Å². The Kier molecular flexibility index (Phi) is 5.25. The Morgan fingerprint density at radius 3 is 2.67 bits per heavy atom. The Morgan fingerprint density at radius 2 is 2.11 bits per heavy atom. The summed E-state index contributed by atoms with van der Waals surface area (Å²) in [4.78, 5) is 4.29. The summed E-state index contributed by atoms with van der Waals surface area (Å²) in [5, 5.41) is 18.7. The summed E-state index contributed by atoms with van der Waals surface area (Å²) in [6.45, 7) is 5.50. The van der Waals surface area contributed by atoms with E-state index in [4.69, 9.17) is 15.6 Å². The molecule has 0 fully saturated rings. The van der Waals surface area contributed by atoms with Crippen LogP contribution in [-0.4, -0.2) is 39.3 Å². The fourth-order valence-corrected chi connectivity index (χ4v) is 1.90. The predicted octanol–water partition coefficient (Wildman–Crippen LogP) is 1.29. The quantitative estimate of drug-likeness (QED) is 0.700. The monoisotopic (exact) mass is 272 g/mol. The normalized spacial score (nSPS) is 13.4. The predicted molar refractivity (Wildman–Crippen MR) is 72.8 cm³/mol. The molecule has 18 heavy (non-hydrogen) atoms. The van der Waals surface area contributed by atoms with E-state index < -0.39 is 6.10 Å². The van der Waals surface area contributed by atoms with E-state index in [0.717, 1.165) is 0 Å². The van der Waals surface area contributed by atoms with Crippen LogP contribution in [-0.2, 0) is 0 Å². The highest BCUT2D eigenvalue weighted by Gasteiger charge is 2.15. The molecule has 0 aromatic carbocycles. The van der Waals surface area contributed by atoms with Crippen molar-refractivity contribution in [2.24, 2.45) is 0 Å². The van der Waals surface area contributed by atoms with Crippen LogP contribution in [0.3, 0.4) is 0 Å². The van der Waals surface area contributed by atoms with Gasteiger partial charge in [-0.1, -0.05) is 0 Å². The molecule has 1 aromatic rings. The summed E-state index contributed by atoms with van der Waals surface area (Å²) in [7, 11) is 0. The second-order valence-corrected chi connectivity index (χ2v) is 5.95. The van der Waals surface area contributed by atoms with Crippen LogP contribution in [0.25, 0.3) is 0 Å². The van der Waals surface area contributed by atoms with Crippen LogP contribution in [0.4, 0.5) is 5.69 Å². The molecular formula is C12H20N2O3S. The van der Waals surface area contributed by atoms with Gasteiger partial charge in [-0.3, -0.25) is 0 Å². The van der Waals surface area contributed by atoms with Gasteiger partial charge in [-0.2, -0.15) is 0 Å². The molecule has 0 aliphatic heterocycles. The number of aliphatic hydroxyl groups is 2. The van der Waals surface area contributed by atoms with E-state index in [0.29, 0.717) is 22.3 Å². The van der Waals surface area contributed by atoms with Crippen molar-refractivity contribution in [1.29, 1.82) is 0 Å². The molecule has 102 valence electrons. The second kappa shape index (κ2) is 6.26. The summed E-state index contributed by atoms with van der Waals surface area (Å²) in [6.07, 6.45) is -0.749. The van der Waals surface area contributed by atoms with Crippen molar-refractivity contribution in [3.05, 3.63) is 12.1 Å². The number of pyridine rings is 1. The van der Waals surface area contributed by atoms with Crippen LogP contribution in [0.2, 0.25) is 0 Å². The number of aliphatic hydroxyl groups excluding tert-OH is 2. The third kappa shape index (κ3) is 5.12. The van der Waals surface area contributed by atoms with Crippen molar-refractivity contribution in [1.82, 2.24) is 4.98 Å². The Balaban J connectivity index is 2.74. The molecular weight excluding hydrogens is 252 g/mol. The summed E-state index contributed by atoms with van der Waals surface area (Å²) >= 11 is 1.35. The summed E-state index contributed by atoms with van der Waals surface area (Å²) < 4.78 is 5.64. The molecule has 0 saturated carbocycles. The Morgan fingerprint density at radius 1 is 1.44 bits per heavy atom. The first kappa shape index (κ1) is 15.1. The highest BCUT2D eigenvalue weighted by atomic mass is 32.2. The number of aromatic nitrogens is 1. The second-order valence-electron chi connectivity index (χ2n) is 4.91. The molecule has 0 amide bonds. The number of hydrogen-bond donors (Lipinski definition) is 3. The third-order valence-electron chi connectivity index (χ3n) is 1.90. The average molecular weight is 272 g/mol. The number of nitrogens with zero attached hydrogens (tertiary/aromatic N) is 1. The number of nitrogen functional groups attached to an aromatic ring is 1. The van der Waals surface area contributed by atoms with Gasteiger partial charge in [0.1, 0.15) is 10.6 Å². The topological polar surface area (TPSA) is 88.6 Å². The molecule has 0 bridgehead atoms. The minimum Gasteiger partial charge on any atom is -0.470 e. The largest absolute Gasteiger partial charge is 0.470 e. The lowest BCUT2D eigenvalue weighted by Crippen LogP contribution is -2.24. The van der Waals surface area contributed by atoms with Gasteiger partial charge in [0.15, 0.2) is 0 Å². The van der Waals surface area contributed by atoms with Crippen molar-refractivity contribution < 1.29 is 14.9 Å². The van der Waals surface area contributed by atoms with Crippen LogP contribution < -0.4 is 10.5 Å². The van der Waals surface area contributed by atoms with E-state index >= 15 is 0 Å². The molecule has 0 radical (unpaired) electrons. The van der Waals surface area contributed by atoms with E-state index in [1.807, 2.05) is 20.8 Å². The molecule has 0 aliphatic rings. The van der Waals surface area contributed by atoms with Crippen LogP contribution in [0.5, 0.6) is 5.88 Å². The van der Waals surface area contributed by atoms with Crippen molar-refractivity contribution in [3.63, 3.8) is 0 Å². The third-order valence-corrected chi connectivity index (χ3v) is 2.98. The lowest BCUT2D eigenvalue weighted by atomic mass is 10.2. The van der Waals surface area contributed by atoms with Crippen molar-refractivity contribution >= 4 is 17.4 Å². The van der Waals surface area contributed by atoms with Crippen LogP contribution in [0.15, 0.2) is 17.2 Å². The minimum absolute atomic E-state index is 0.257. The first-order valence-corrected chi connectivity index (χ1v) is 6.67. The first-order valence-electron chi connectivity index (χ1n) is 5.69. The summed E-state index contributed by atoms with van der Waals surface area (Å²) in [5.74, 6) is 0.772. The molecule has 4 N–H and O–H groups in total. The average Bonchev–Trinajstić information content (AvgIpc) is 2.28. The van der Waals surface area contributed by atoms with Gasteiger partial charge in [0.25, 0.3) is 0 Å². The standard InChI is InChI=1S/C12H20N2O3S/c1-12(2,3)17-11-9(13)4-5-10(14-11)18-7-8(16)6-15/h4-5,8,15-16H,6-7,13H2,1-3H3. The minimum atomic E-state index is -0.749. The van der Waals surface area contributed by atoms with Crippen molar-refractivity contribution in [3.8, 4) is 5.88 Å². The molecule has 6 heteroatoms. The highest BCUT2D eigenvalue weighted by Crippen LogP contribution is 2.27. The Hall–Kier alpha value is -0.980. The SMILES string of the molecule is CC(C)(C)Oc1nc(SCC(O)CO)ccc1N. The Bertz CT molecular complexity index is 393. The smallest absolute Gasteiger partial charge is 0.238 e. The van der Waals surface area contributed by atoms with E-state index in [1.165, 1.54) is 11.8 Å². The molecule has 1 rings (SSSR count). The maximum absolute atomic E-state index is 9.28. The van der Waals surface area contributed by atoms with E-state index in [-0.39, 0.29) is 12.2 Å². The number of anilines is 1. The summed E-state index contributed by atoms with van der Waals surface area (Å²) in [6, 6.07) is 3.49. The van der Waals surface area contributed by atoms with Crippen LogP contribution in [0, 0.1) is 0 Å². The van der Waals surface area contributed by atoms with Crippen LogP contribution >= 0.6 is 11.8 Å². The Labute approximate surface area is 111 Å². The zero-order valence-corrected chi connectivity index (χ0v) is 11.7. The van der Waals surface area contributed by atoms with Crippen molar-refractivity contribution in [2.75, 3.05) is 18.1 Å². The highest BCUT2D eigenvalue weighted by molar-refractivity contribution is 7.99. The molecule has 1 aromatic heterocycles. The fraction of sp³-hybridized carbons (Fsp3) is 0.583. The molecule has 5 nitrogen and oxygen atoms in total. The molecule has 0 aliphatic carbocycles. The maximum atomic E-state index is 9.28. The first-order chi connectivity index (χ1) is 8.31. The lowest BCUT2D eigenvalue weighted by Gasteiger charge is -2.21. The maximum Gasteiger partial charge on any atom is 0.238 e. The number of hydrogen-bond acceptors (Lipinski definition) is 6. The number of ether oxygens (including phenoxy) is 1. The van der Waals surface area contributed by atoms with Gasteiger partial charge < -0.3 is 20.7 Å². The molecule has 0 saturated heterocycles. The fourth-order valence-electron chi connectivity index (χ4n) is 1.12. The number of thioether (sulfide) groups is 1. The molecule has 1 unspecified atom stereocenters. The van der Waals surface area contributed by atoms with Crippen LogP contribution in [0.1, 0.15) is 20.8 Å². The molecule has 1 heterocycles. The lowest BCUT2D eigenvalue weighted by molar-refractivity contribution is 0.113. The van der Waals surface area contributed by atoms with Gasteiger partial charge in [0.2, 0.25) is 5.88 Å². The zero-order valence-electron chi connectivity index (χ0n) is 10.9. The van der Waals surface area contributed by atoms with E-state index in [2.05, 4.69) is 4.98 Å². The number of rotatable bonds is 5.